The number of pyridine rings is 1. The molecule has 0 aliphatic rings. The van der Waals surface area contributed by atoms with Crippen molar-refractivity contribution in [1.82, 2.24) is 25.1 Å². The molecule has 2 N–H and O–H groups in total. The molecule has 2 aromatic heterocycles. The van der Waals surface area contributed by atoms with Crippen LogP contribution in [-0.2, 0) is 6.54 Å². The van der Waals surface area contributed by atoms with E-state index in [4.69, 9.17) is 0 Å². The summed E-state index contributed by atoms with van der Waals surface area (Å²) in [5.41, 5.74) is 0.862. The van der Waals surface area contributed by atoms with Gasteiger partial charge in [-0.1, -0.05) is 13.8 Å². The molecule has 2 aromatic rings. The van der Waals surface area contributed by atoms with Crippen molar-refractivity contribution in [3.05, 3.63) is 34.5 Å². The second kappa shape index (κ2) is 7.42. The van der Waals surface area contributed by atoms with Crippen molar-refractivity contribution in [3.8, 4) is 0 Å². The zero-order valence-electron chi connectivity index (χ0n) is 12.6. The number of rotatable bonds is 7. The lowest BCUT2D eigenvalue weighted by molar-refractivity contribution is 0.524. The number of aromatic nitrogens is 4. The summed E-state index contributed by atoms with van der Waals surface area (Å²) in [5.74, 6) is 0. The third kappa shape index (κ3) is 3.74. The predicted molar refractivity (Wildman–Crippen MR) is 83.6 cm³/mol. The van der Waals surface area contributed by atoms with Gasteiger partial charge in [0, 0.05) is 23.7 Å². The second-order valence-electron chi connectivity index (χ2n) is 4.59. The van der Waals surface area contributed by atoms with Gasteiger partial charge in [-0.2, -0.15) is 0 Å². The zero-order chi connectivity index (χ0) is 15.2. The maximum Gasteiger partial charge on any atom is 0.343 e. The Hall–Kier alpha value is -1.60. The van der Waals surface area contributed by atoms with E-state index in [1.54, 1.807) is 4.57 Å². The first-order chi connectivity index (χ1) is 10.2. The molecule has 2 rings (SSSR count). The first-order valence-corrected chi connectivity index (χ1v) is 8.03. The van der Waals surface area contributed by atoms with Gasteiger partial charge in [0.2, 0.25) is 0 Å². The largest absolute Gasteiger partial charge is 0.343 e. The Bertz CT molecular complexity index is 619. The summed E-state index contributed by atoms with van der Waals surface area (Å²) in [4.78, 5) is 17.0. The normalized spacial score (nSPS) is 12.5. The summed E-state index contributed by atoms with van der Waals surface area (Å²) in [7, 11) is 0. The van der Waals surface area contributed by atoms with Gasteiger partial charge in [0.25, 0.3) is 0 Å². The second-order valence-corrected chi connectivity index (χ2v) is 5.64. The molecule has 2 heterocycles. The first kappa shape index (κ1) is 15.8. The molecule has 0 aliphatic carbocycles. The molecule has 0 spiro atoms. The number of H-pyrrole nitrogens is 1. The smallest absolute Gasteiger partial charge is 0.309 e. The lowest BCUT2D eigenvalue weighted by atomic mass is 10.1. The molecule has 21 heavy (non-hydrogen) atoms. The van der Waals surface area contributed by atoms with Crippen molar-refractivity contribution in [3.63, 3.8) is 0 Å². The average molecular weight is 307 g/mol. The summed E-state index contributed by atoms with van der Waals surface area (Å²) in [6.45, 7) is 7.68. The quantitative estimate of drug-likeness (QED) is 0.820. The topological polar surface area (TPSA) is 75.6 Å². The van der Waals surface area contributed by atoms with Crippen LogP contribution in [0.5, 0.6) is 0 Å². The maximum atomic E-state index is 11.5. The van der Waals surface area contributed by atoms with Crippen LogP contribution in [0.1, 0.15) is 38.9 Å². The van der Waals surface area contributed by atoms with Crippen molar-refractivity contribution in [1.29, 1.82) is 0 Å². The molecule has 114 valence electrons. The number of nitrogens with one attached hydrogen (secondary N) is 2. The molecule has 0 amide bonds. The van der Waals surface area contributed by atoms with Gasteiger partial charge in [-0.05, 0) is 43.8 Å². The van der Waals surface area contributed by atoms with Crippen molar-refractivity contribution in [2.45, 2.75) is 49.8 Å². The van der Waals surface area contributed by atoms with Gasteiger partial charge >= 0.3 is 5.69 Å². The summed E-state index contributed by atoms with van der Waals surface area (Å²) >= 11 is 1.44. The summed E-state index contributed by atoms with van der Waals surface area (Å²) in [6.07, 6.45) is 2.83. The third-order valence-electron chi connectivity index (χ3n) is 3.22. The van der Waals surface area contributed by atoms with Crippen LogP contribution in [0.3, 0.4) is 0 Å². The van der Waals surface area contributed by atoms with Crippen molar-refractivity contribution < 1.29 is 0 Å². The highest BCUT2D eigenvalue weighted by Crippen LogP contribution is 2.25. The van der Waals surface area contributed by atoms with Crippen molar-refractivity contribution in [2.75, 3.05) is 6.54 Å². The van der Waals surface area contributed by atoms with Crippen LogP contribution in [0.25, 0.3) is 0 Å². The molecule has 7 heteroatoms. The summed E-state index contributed by atoms with van der Waals surface area (Å²) in [5, 5.41) is 10.6. The average Bonchev–Trinajstić information content (AvgIpc) is 2.85. The van der Waals surface area contributed by atoms with Crippen LogP contribution in [0.4, 0.5) is 0 Å². The standard InChI is InChI=1S/C14H21N5OS/c1-4-11(15-5-2)12-8-7-10(9-16-12)21-14-18-17-13(20)19(14)6-3/h7-9,11,15H,4-6H2,1-3H3,(H,17,20). The number of nitrogens with zero attached hydrogens (tertiary/aromatic N) is 3. The Balaban J connectivity index is 2.13. The Morgan fingerprint density at radius 2 is 2.19 bits per heavy atom. The molecular weight excluding hydrogens is 286 g/mol. The van der Waals surface area contributed by atoms with Gasteiger partial charge < -0.3 is 5.32 Å². The van der Waals surface area contributed by atoms with E-state index in [-0.39, 0.29) is 11.7 Å². The zero-order valence-corrected chi connectivity index (χ0v) is 13.4. The Morgan fingerprint density at radius 3 is 2.76 bits per heavy atom. The first-order valence-electron chi connectivity index (χ1n) is 7.21. The van der Waals surface area contributed by atoms with Gasteiger partial charge in [0.1, 0.15) is 0 Å². The lowest BCUT2D eigenvalue weighted by Crippen LogP contribution is -2.20. The highest BCUT2D eigenvalue weighted by Gasteiger charge is 2.11. The van der Waals surface area contributed by atoms with E-state index < -0.39 is 0 Å². The minimum absolute atomic E-state index is 0.178. The molecule has 1 unspecified atom stereocenters. The maximum absolute atomic E-state index is 11.5. The van der Waals surface area contributed by atoms with Crippen molar-refractivity contribution in [2.24, 2.45) is 0 Å². The minimum Gasteiger partial charge on any atom is -0.309 e. The third-order valence-corrected chi connectivity index (χ3v) is 4.20. The van der Waals surface area contributed by atoms with E-state index in [0.29, 0.717) is 11.7 Å². The monoisotopic (exact) mass is 307 g/mol. The van der Waals surface area contributed by atoms with Crippen molar-refractivity contribution >= 4 is 11.8 Å². The molecule has 0 saturated heterocycles. The van der Waals surface area contributed by atoms with E-state index in [1.807, 2.05) is 25.3 Å². The van der Waals surface area contributed by atoms with Crippen LogP contribution in [0.2, 0.25) is 0 Å². The number of hydrogen-bond acceptors (Lipinski definition) is 5. The highest BCUT2D eigenvalue weighted by molar-refractivity contribution is 7.99. The molecule has 1 atom stereocenters. The molecule has 0 aliphatic heterocycles. The fourth-order valence-corrected chi connectivity index (χ4v) is 2.99. The SMILES string of the molecule is CCNC(CC)c1ccc(Sc2n[nH]c(=O)n2CC)cn1. The lowest BCUT2D eigenvalue weighted by Gasteiger charge is -2.15. The minimum atomic E-state index is -0.178. The molecule has 0 saturated carbocycles. The fourth-order valence-electron chi connectivity index (χ4n) is 2.13. The number of hydrogen-bond donors (Lipinski definition) is 2. The summed E-state index contributed by atoms with van der Waals surface area (Å²) in [6, 6.07) is 4.33. The van der Waals surface area contributed by atoms with Gasteiger partial charge in [-0.15, -0.1) is 5.10 Å². The molecule has 0 radical (unpaired) electrons. The van der Waals surface area contributed by atoms with E-state index in [0.717, 1.165) is 23.6 Å². The fraction of sp³-hybridized carbons (Fsp3) is 0.500. The highest BCUT2D eigenvalue weighted by atomic mass is 32.2. The van der Waals surface area contributed by atoms with Crippen LogP contribution in [-0.4, -0.2) is 26.3 Å². The van der Waals surface area contributed by atoms with Gasteiger partial charge in [0.15, 0.2) is 5.16 Å². The molecular formula is C14H21N5OS. The molecule has 0 aromatic carbocycles. The van der Waals surface area contributed by atoms with Crippen LogP contribution in [0.15, 0.2) is 33.2 Å². The van der Waals surface area contributed by atoms with Gasteiger partial charge in [-0.25, -0.2) is 9.89 Å². The van der Waals surface area contributed by atoms with E-state index in [1.165, 1.54) is 11.8 Å². The van der Waals surface area contributed by atoms with Crippen LogP contribution < -0.4 is 11.0 Å². The Labute approximate surface area is 128 Å². The van der Waals surface area contributed by atoms with Gasteiger partial charge in [0.05, 0.1) is 5.69 Å². The summed E-state index contributed by atoms with van der Waals surface area (Å²) < 4.78 is 1.60. The predicted octanol–water partition coefficient (Wildman–Crippen LogP) is 2.20. The molecule has 0 bridgehead atoms. The van der Waals surface area contributed by atoms with Gasteiger partial charge in [-0.3, -0.25) is 9.55 Å². The van der Waals surface area contributed by atoms with Crippen LogP contribution >= 0.6 is 11.8 Å². The van der Waals surface area contributed by atoms with E-state index in [9.17, 15) is 4.79 Å². The number of aromatic amines is 1. The van der Waals surface area contributed by atoms with E-state index in [2.05, 4.69) is 34.3 Å². The van der Waals surface area contributed by atoms with Crippen LogP contribution in [0, 0.1) is 0 Å². The van der Waals surface area contributed by atoms with E-state index >= 15 is 0 Å². The Morgan fingerprint density at radius 1 is 1.38 bits per heavy atom. The Kier molecular flexibility index (Phi) is 5.58. The molecule has 0 fully saturated rings. The molecule has 6 nitrogen and oxygen atoms in total.